The highest BCUT2D eigenvalue weighted by Crippen LogP contribution is 2.29. The molecule has 1 aliphatic rings. The van der Waals surface area contributed by atoms with Crippen LogP contribution in [0, 0.1) is 0 Å². The first kappa shape index (κ1) is 21.2. The van der Waals surface area contributed by atoms with Gasteiger partial charge in [-0.2, -0.15) is 4.36 Å². The van der Waals surface area contributed by atoms with Crippen LogP contribution < -0.4 is 9.99 Å². The van der Waals surface area contributed by atoms with Gasteiger partial charge in [-0.05, 0) is 34.5 Å². The van der Waals surface area contributed by atoms with Crippen molar-refractivity contribution in [2.45, 2.75) is 13.0 Å². The fourth-order valence-corrected chi connectivity index (χ4v) is 3.99. The summed E-state index contributed by atoms with van der Waals surface area (Å²) in [6.07, 6.45) is 3.17. The summed E-state index contributed by atoms with van der Waals surface area (Å²) in [7, 11) is -1.89. The lowest BCUT2D eigenvalue weighted by Crippen LogP contribution is -2.44. The maximum atomic E-state index is 12.2. The van der Waals surface area contributed by atoms with E-state index in [2.05, 4.69) is 31.2 Å². The molecule has 8 nitrogen and oxygen atoms in total. The SMILES string of the molecule is CPNc1cc(-c2nc(N=S(C)(C)=O)cc(N3CCOC[C@H]3C)n2)cc(Cl)n1. The largest absolute Gasteiger partial charge is 0.377 e. The van der Waals surface area contributed by atoms with Crippen molar-refractivity contribution >= 4 is 47.5 Å². The molecule has 1 aliphatic heterocycles. The van der Waals surface area contributed by atoms with Crippen LogP contribution in [0.25, 0.3) is 11.4 Å². The summed E-state index contributed by atoms with van der Waals surface area (Å²) in [5.41, 5.74) is 0.721. The molecule has 2 aromatic rings. The van der Waals surface area contributed by atoms with Gasteiger partial charge in [0.15, 0.2) is 11.6 Å². The minimum absolute atomic E-state index is 0.163. The zero-order chi connectivity index (χ0) is 20.3. The highest BCUT2D eigenvalue weighted by Gasteiger charge is 2.22. The zero-order valence-corrected chi connectivity index (χ0v) is 18.8. The molecule has 28 heavy (non-hydrogen) atoms. The molecule has 1 unspecified atom stereocenters. The van der Waals surface area contributed by atoms with Crippen molar-refractivity contribution in [1.82, 2.24) is 15.0 Å². The van der Waals surface area contributed by atoms with E-state index in [1.165, 1.54) is 0 Å². The molecule has 3 rings (SSSR count). The highest BCUT2D eigenvalue weighted by atomic mass is 35.5. The van der Waals surface area contributed by atoms with Crippen LogP contribution >= 0.6 is 20.3 Å². The van der Waals surface area contributed by atoms with Crippen LogP contribution in [0.1, 0.15) is 6.92 Å². The maximum absolute atomic E-state index is 12.2. The van der Waals surface area contributed by atoms with Crippen LogP contribution in [0.15, 0.2) is 22.6 Å². The van der Waals surface area contributed by atoms with Gasteiger partial charge in [0, 0.05) is 40.4 Å². The van der Waals surface area contributed by atoms with E-state index in [4.69, 9.17) is 21.3 Å². The summed E-state index contributed by atoms with van der Waals surface area (Å²) in [6, 6.07) is 5.50. The predicted octanol–water partition coefficient (Wildman–Crippen LogP) is 3.41. The van der Waals surface area contributed by atoms with Crippen LogP contribution in [0.2, 0.25) is 5.15 Å². The second kappa shape index (κ2) is 8.86. The van der Waals surface area contributed by atoms with E-state index >= 15 is 0 Å². The number of hydrogen-bond donors (Lipinski definition) is 1. The molecule has 0 spiro atoms. The Morgan fingerprint density at radius 2 is 2.11 bits per heavy atom. The molecule has 0 aliphatic carbocycles. The van der Waals surface area contributed by atoms with Crippen molar-refractivity contribution in [3.05, 3.63) is 23.4 Å². The fourth-order valence-electron chi connectivity index (χ4n) is 2.86. The normalized spacial score (nSPS) is 17.9. The lowest BCUT2D eigenvalue weighted by Gasteiger charge is -2.34. The lowest BCUT2D eigenvalue weighted by atomic mass is 10.2. The smallest absolute Gasteiger partial charge is 0.167 e. The van der Waals surface area contributed by atoms with Crippen LogP contribution in [0.4, 0.5) is 17.5 Å². The van der Waals surface area contributed by atoms with Gasteiger partial charge in [0.05, 0.1) is 19.3 Å². The molecule has 0 saturated carbocycles. The number of pyridine rings is 1. The Morgan fingerprint density at radius 1 is 1.32 bits per heavy atom. The molecule has 0 bridgehead atoms. The molecule has 11 heteroatoms. The van der Waals surface area contributed by atoms with Gasteiger partial charge in [-0.15, -0.1) is 0 Å². The van der Waals surface area contributed by atoms with Crippen molar-refractivity contribution in [1.29, 1.82) is 0 Å². The van der Waals surface area contributed by atoms with Gasteiger partial charge < -0.3 is 14.7 Å². The van der Waals surface area contributed by atoms with Crippen molar-refractivity contribution in [3.8, 4) is 11.4 Å². The Labute approximate surface area is 172 Å². The fraction of sp³-hybridized carbons (Fsp3) is 0.471. The quantitative estimate of drug-likeness (QED) is 0.560. The lowest BCUT2D eigenvalue weighted by molar-refractivity contribution is 0.0985. The molecule has 0 aromatic carbocycles. The monoisotopic (exact) mass is 442 g/mol. The van der Waals surface area contributed by atoms with E-state index in [1.54, 1.807) is 24.6 Å². The van der Waals surface area contributed by atoms with E-state index in [0.29, 0.717) is 51.1 Å². The van der Waals surface area contributed by atoms with E-state index in [9.17, 15) is 4.21 Å². The first-order valence-electron chi connectivity index (χ1n) is 8.76. The van der Waals surface area contributed by atoms with Gasteiger partial charge in [0.2, 0.25) is 0 Å². The summed E-state index contributed by atoms with van der Waals surface area (Å²) in [5, 5.41) is 3.52. The Kier molecular flexibility index (Phi) is 6.70. The first-order valence-corrected chi connectivity index (χ1v) is 13.0. The van der Waals surface area contributed by atoms with Gasteiger partial charge in [-0.3, -0.25) is 0 Å². The summed E-state index contributed by atoms with van der Waals surface area (Å²) < 4.78 is 22.1. The van der Waals surface area contributed by atoms with Crippen molar-refractivity contribution in [3.63, 3.8) is 0 Å². The number of hydrogen-bond acceptors (Lipinski definition) is 8. The van der Waals surface area contributed by atoms with Gasteiger partial charge in [-0.25, -0.2) is 19.2 Å². The molecule has 0 amide bonds. The summed E-state index contributed by atoms with van der Waals surface area (Å²) in [6.45, 7) is 6.05. The summed E-state index contributed by atoms with van der Waals surface area (Å²) >= 11 is 6.19. The van der Waals surface area contributed by atoms with Crippen LogP contribution in [-0.4, -0.2) is 64.1 Å². The molecular formula is C17H24ClN6O2PS. The Balaban J connectivity index is 2.14. The molecule has 1 N–H and O–H groups in total. The van der Waals surface area contributed by atoms with Gasteiger partial charge in [0.1, 0.15) is 16.8 Å². The second-order valence-electron chi connectivity index (χ2n) is 6.74. The minimum Gasteiger partial charge on any atom is -0.377 e. The van der Waals surface area contributed by atoms with Gasteiger partial charge >= 0.3 is 0 Å². The van der Waals surface area contributed by atoms with Crippen molar-refractivity contribution in [2.24, 2.45) is 4.36 Å². The number of aromatic nitrogens is 3. The number of nitrogens with one attached hydrogen (secondary N) is 1. The first-order chi connectivity index (χ1) is 13.2. The molecule has 1 saturated heterocycles. The Hall–Kier alpha value is -1.54. The highest BCUT2D eigenvalue weighted by molar-refractivity contribution is 7.92. The van der Waals surface area contributed by atoms with Crippen molar-refractivity contribution < 1.29 is 8.95 Å². The molecule has 152 valence electrons. The van der Waals surface area contributed by atoms with E-state index < -0.39 is 9.73 Å². The van der Waals surface area contributed by atoms with Crippen LogP contribution in [-0.2, 0) is 14.5 Å². The number of rotatable bonds is 5. The minimum atomic E-state index is -2.37. The summed E-state index contributed by atoms with van der Waals surface area (Å²) in [4.78, 5) is 15.7. The van der Waals surface area contributed by atoms with E-state index in [1.807, 2.05) is 12.7 Å². The predicted molar refractivity (Wildman–Crippen MR) is 118 cm³/mol. The molecular weight excluding hydrogens is 419 g/mol. The topological polar surface area (TPSA) is 92.6 Å². The molecule has 3 heterocycles. The van der Waals surface area contributed by atoms with Crippen LogP contribution in [0.5, 0.6) is 0 Å². The Bertz CT molecular complexity index is 974. The van der Waals surface area contributed by atoms with Crippen LogP contribution in [0.3, 0.4) is 0 Å². The molecule has 2 aromatic heterocycles. The average Bonchev–Trinajstić information content (AvgIpc) is 2.60. The number of ether oxygens (including phenoxy) is 1. The van der Waals surface area contributed by atoms with E-state index in [0.717, 1.165) is 11.4 Å². The maximum Gasteiger partial charge on any atom is 0.167 e. The second-order valence-corrected chi connectivity index (χ2v) is 10.4. The third kappa shape index (κ3) is 5.50. The third-order valence-electron chi connectivity index (χ3n) is 3.98. The van der Waals surface area contributed by atoms with Gasteiger partial charge in [0.25, 0.3) is 0 Å². The van der Waals surface area contributed by atoms with Crippen molar-refractivity contribution in [2.75, 3.05) is 48.9 Å². The number of anilines is 2. The van der Waals surface area contributed by atoms with Gasteiger partial charge in [-0.1, -0.05) is 11.6 Å². The molecule has 2 atom stereocenters. The average molecular weight is 443 g/mol. The Morgan fingerprint density at radius 3 is 2.79 bits per heavy atom. The molecule has 1 fully saturated rings. The number of nitrogens with zero attached hydrogens (tertiary/aromatic N) is 5. The molecule has 0 radical (unpaired) electrons. The third-order valence-corrected chi connectivity index (χ3v) is 5.31. The van der Waals surface area contributed by atoms with E-state index in [-0.39, 0.29) is 6.04 Å². The zero-order valence-electron chi connectivity index (χ0n) is 16.3. The summed E-state index contributed by atoms with van der Waals surface area (Å²) in [5.74, 6) is 2.23. The standard InChI is InChI=1S/C17H24ClN6O2PS/c1-11-10-26-6-5-24(11)16-9-15(23-28(3,4)25)20-17(21-16)12-7-13(18)19-14(8-12)22-27-2/h7-9,11,27H,5-6,10H2,1-4H3,(H,19,22)/t11-/m1/s1. The number of morpholine rings is 1. The number of halogens is 1.